The van der Waals surface area contributed by atoms with Crippen molar-refractivity contribution >= 4 is 11.0 Å². The van der Waals surface area contributed by atoms with E-state index >= 15 is 0 Å². The van der Waals surface area contributed by atoms with Crippen LogP contribution in [0.3, 0.4) is 0 Å². The molecule has 18 heavy (non-hydrogen) atoms. The molecule has 0 aliphatic carbocycles. The summed E-state index contributed by atoms with van der Waals surface area (Å²) in [6.45, 7) is 7.61. The molecule has 1 N–H and O–H groups in total. The number of rotatable bonds is 2. The van der Waals surface area contributed by atoms with Crippen molar-refractivity contribution < 1.29 is 0 Å². The Kier molecular flexibility index (Phi) is 3.06. The van der Waals surface area contributed by atoms with Crippen LogP contribution in [0.25, 0.3) is 11.0 Å². The Morgan fingerprint density at radius 3 is 2.72 bits per heavy atom. The van der Waals surface area contributed by atoms with E-state index in [0.29, 0.717) is 0 Å². The average Bonchev–Trinajstić information content (AvgIpc) is 2.76. The van der Waals surface area contributed by atoms with Gasteiger partial charge in [-0.25, -0.2) is 4.98 Å². The summed E-state index contributed by atoms with van der Waals surface area (Å²) in [5, 5.41) is 0. The monoisotopic (exact) mass is 244 g/mol. The second-order valence-corrected chi connectivity index (χ2v) is 5.23. The number of hydrogen-bond acceptors (Lipinski definition) is 3. The maximum absolute atomic E-state index is 4.71. The molecule has 1 fully saturated rings. The Balaban J connectivity index is 1.77. The number of aryl methyl sites for hydroxylation is 1. The van der Waals surface area contributed by atoms with Crippen LogP contribution in [0.5, 0.6) is 0 Å². The summed E-state index contributed by atoms with van der Waals surface area (Å²) >= 11 is 0. The number of para-hydroxylation sites is 1. The van der Waals surface area contributed by atoms with Crippen molar-refractivity contribution in [1.29, 1.82) is 0 Å². The van der Waals surface area contributed by atoms with Crippen molar-refractivity contribution in [2.24, 2.45) is 0 Å². The summed E-state index contributed by atoms with van der Waals surface area (Å²) in [6.07, 6.45) is 0. The lowest BCUT2D eigenvalue weighted by molar-refractivity contribution is 0.146. The van der Waals surface area contributed by atoms with Crippen LogP contribution in [0, 0.1) is 6.92 Å². The fraction of sp³-hybridized carbons (Fsp3) is 0.500. The van der Waals surface area contributed by atoms with E-state index in [-0.39, 0.29) is 0 Å². The first kappa shape index (κ1) is 11.7. The molecule has 1 saturated heterocycles. The van der Waals surface area contributed by atoms with Crippen LogP contribution in [0.2, 0.25) is 0 Å². The smallest absolute Gasteiger partial charge is 0.121 e. The van der Waals surface area contributed by atoms with Crippen molar-refractivity contribution in [3.8, 4) is 0 Å². The minimum absolute atomic E-state index is 0.932. The van der Waals surface area contributed by atoms with E-state index in [4.69, 9.17) is 4.98 Å². The molecule has 0 radical (unpaired) electrons. The van der Waals surface area contributed by atoms with Gasteiger partial charge >= 0.3 is 0 Å². The van der Waals surface area contributed by atoms with Gasteiger partial charge in [0.05, 0.1) is 17.6 Å². The van der Waals surface area contributed by atoms with Crippen molar-refractivity contribution in [2.45, 2.75) is 13.5 Å². The Morgan fingerprint density at radius 2 is 2.00 bits per heavy atom. The summed E-state index contributed by atoms with van der Waals surface area (Å²) in [6, 6.07) is 6.29. The fourth-order valence-electron chi connectivity index (χ4n) is 2.52. The molecule has 4 nitrogen and oxygen atoms in total. The zero-order chi connectivity index (χ0) is 12.5. The maximum atomic E-state index is 4.71. The highest BCUT2D eigenvalue weighted by molar-refractivity contribution is 5.78. The number of likely N-dealkylation sites (N-methyl/N-ethyl adjacent to an activating group) is 1. The van der Waals surface area contributed by atoms with Crippen LogP contribution < -0.4 is 0 Å². The Labute approximate surface area is 108 Å². The molecule has 2 aromatic rings. The van der Waals surface area contributed by atoms with E-state index in [1.807, 2.05) is 0 Å². The molecule has 0 atom stereocenters. The number of nitrogens with zero attached hydrogens (tertiary/aromatic N) is 3. The first-order valence-corrected chi connectivity index (χ1v) is 6.57. The van der Waals surface area contributed by atoms with Crippen LogP contribution in [0.4, 0.5) is 0 Å². The molecule has 0 unspecified atom stereocenters. The van der Waals surface area contributed by atoms with Crippen LogP contribution >= 0.6 is 0 Å². The van der Waals surface area contributed by atoms with E-state index in [1.54, 1.807) is 0 Å². The third-order valence-electron chi connectivity index (χ3n) is 3.73. The Bertz CT molecular complexity index is 538. The van der Waals surface area contributed by atoms with Crippen LogP contribution in [0.15, 0.2) is 18.2 Å². The van der Waals surface area contributed by atoms with Crippen LogP contribution in [0.1, 0.15) is 11.4 Å². The lowest BCUT2D eigenvalue weighted by atomic mass is 10.2. The van der Waals surface area contributed by atoms with Gasteiger partial charge in [-0.05, 0) is 25.6 Å². The van der Waals surface area contributed by atoms with E-state index in [9.17, 15) is 0 Å². The molecule has 0 saturated carbocycles. The maximum Gasteiger partial charge on any atom is 0.121 e. The molecule has 2 heterocycles. The molecular formula is C14H20N4. The van der Waals surface area contributed by atoms with E-state index in [1.165, 1.54) is 5.56 Å². The van der Waals surface area contributed by atoms with Gasteiger partial charge in [-0.3, -0.25) is 4.90 Å². The van der Waals surface area contributed by atoms with Gasteiger partial charge in [-0.2, -0.15) is 0 Å². The van der Waals surface area contributed by atoms with E-state index in [0.717, 1.165) is 49.6 Å². The molecule has 0 amide bonds. The van der Waals surface area contributed by atoms with E-state index in [2.05, 4.69) is 47.0 Å². The summed E-state index contributed by atoms with van der Waals surface area (Å²) in [7, 11) is 2.18. The molecule has 1 aliphatic heterocycles. The Morgan fingerprint density at radius 1 is 1.22 bits per heavy atom. The average molecular weight is 244 g/mol. The molecule has 3 rings (SSSR count). The van der Waals surface area contributed by atoms with Gasteiger partial charge < -0.3 is 9.88 Å². The Hall–Kier alpha value is -1.39. The zero-order valence-electron chi connectivity index (χ0n) is 11.1. The van der Waals surface area contributed by atoms with Gasteiger partial charge in [0, 0.05) is 26.2 Å². The van der Waals surface area contributed by atoms with Crippen molar-refractivity contribution in [3.05, 3.63) is 29.6 Å². The number of H-pyrrole nitrogens is 1. The highest BCUT2D eigenvalue weighted by atomic mass is 15.3. The third kappa shape index (κ3) is 2.26. The van der Waals surface area contributed by atoms with Crippen LogP contribution in [-0.4, -0.2) is 53.0 Å². The molecule has 1 aliphatic rings. The fourth-order valence-corrected chi connectivity index (χ4v) is 2.52. The van der Waals surface area contributed by atoms with Crippen molar-refractivity contribution in [1.82, 2.24) is 19.8 Å². The van der Waals surface area contributed by atoms with E-state index < -0.39 is 0 Å². The second-order valence-electron chi connectivity index (χ2n) is 5.23. The number of hydrogen-bond donors (Lipinski definition) is 1. The SMILES string of the molecule is Cc1cccc2[nH]c(CN3CCN(C)CC3)nc12. The molecule has 0 spiro atoms. The first-order valence-electron chi connectivity index (χ1n) is 6.57. The number of piperazine rings is 1. The summed E-state index contributed by atoms with van der Waals surface area (Å²) in [4.78, 5) is 13.0. The molecular weight excluding hydrogens is 224 g/mol. The number of aromatic nitrogens is 2. The standard InChI is InChI=1S/C14H20N4/c1-11-4-3-5-12-14(11)16-13(15-12)10-18-8-6-17(2)7-9-18/h3-5H,6-10H2,1-2H3,(H,15,16). The lowest BCUT2D eigenvalue weighted by Gasteiger charge is -2.31. The number of aromatic amines is 1. The number of imidazole rings is 1. The normalized spacial score (nSPS) is 18.6. The summed E-state index contributed by atoms with van der Waals surface area (Å²) in [5.41, 5.74) is 3.51. The molecule has 4 heteroatoms. The predicted octanol–water partition coefficient (Wildman–Crippen LogP) is 1.62. The van der Waals surface area contributed by atoms with Gasteiger partial charge in [0.25, 0.3) is 0 Å². The summed E-state index contributed by atoms with van der Waals surface area (Å²) in [5.74, 6) is 1.09. The number of benzene rings is 1. The van der Waals surface area contributed by atoms with Crippen molar-refractivity contribution in [3.63, 3.8) is 0 Å². The van der Waals surface area contributed by atoms with Crippen molar-refractivity contribution in [2.75, 3.05) is 33.2 Å². The topological polar surface area (TPSA) is 35.2 Å². The summed E-state index contributed by atoms with van der Waals surface area (Å²) < 4.78 is 0. The molecule has 0 bridgehead atoms. The zero-order valence-corrected chi connectivity index (χ0v) is 11.1. The van der Waals surface area contributed by atoms with Gasteiger partial charge in [-0.15, -0.1) is 0 Å². The third-order valence-corrected chi connectivity index (χ3v) is 3.73. The highest BCUT2D eigenvalue weighted by Gasteiger charge is 2.15. The molecule has 96 valence electrons. The molecule has 1 aromatic heterocycles. The van der Waals surface area contributed by atoms with Gasteiger partial charge in [0.2, 0.25) is 0 Å². The number of fused-ring (bicyclic) bond motifs is 1. The van der Waals surface area contributed by atoms with Crippen LogP contribution in [-0.2, 0) is 6.54 Å². The minimum atomic E-state index is 0.932. The second kappa shape index (κ2) is 4.71. The quantitative estimate of drug-likeness (QED) is 0.872. The van der Waals surface area contributed by atoms with Gasteiger partial charge in [0.1, 0.15) is 5.82 Å². The highest BCUT2D eigenvalue weighted by Crippen LogP contribution is 2.16. The minimum Gasteiger partial charge on any atom is -0.341 e. The largest absolute Gasteiger partial charge is 0.341 e. The van der Waals surface area contributed by atoms with Gasteiger partial charge in [-0.1, -0.05) is 12.1 Å². The molecule has 1 aromatic carbocycles. The lowest BCUT2D eigenvalue weighted by Crippen LogP contribution is -2.44. The van der Waals surface area contributed by atoms with Gasteiger partial charge in [0.15, 0.2) is 0 Å². The first-order chi connectivity index (χ1) is 8.72. The predicted molar refractivity (Wildman–Crippen MR) is 73.6 cm³/mol. The number of nitrogens with one attached hydrogen (secondary N) is 1.